The number of anilines is 1. The van der Waals surface area contributed by atoms with Crippen molar-refractivity contribution in [2.45, 2.75) is 14.7 Å². The van der Waals surface area contributed by atoms with Gasteiger partial charge in [0.15, 0.2) is 0 Å². The second kappa shape index (κ2) is 8.84. The van der Waals surface area contributed by atoms with Crippen LogP contribution in [0, 0.1) is 0 Å². The minimum Gasteiger partial charge on any atom is -0.379 e. The molecule has 0 spiro atoms. The number of ether oxygens (including phenoxy) is 1. The minimum atomic E-state index is -4.07. The molecule has 1 aliphatic rings. The fourth-order valence-corrected chi connectivity index (χ4v) is 6.28. The Balaban J connectivity index is 1.84. The third-order valence-corrected chi connectivity index (χ3v) is 9.73. The lowest BCUT2D eigenvalue weighted by molar-refractivity contribution is 0.0730. The van der Waals surface area contributed by atoms with Gasteiger partial charge in [-0.3, -0.25) is 4.72 Å². The van der Waals surface area contributed by atoms with E-state index in [4.69, 9.17) is 4.74 Å². The lowest BCUT2D eigenvalue weighted by Gasteiger charge is -2.26. The van der Waals surface area contributed by atoms with Crippen molar-refractivity contribution < 1.29 is 30.0 Å². The zero-order valence-electron chi connectivity index (χ0n) is 16.9. The molecule has 170 valence electrons. The fraction of sp³-hybridized carbons (Fsp3) is 0.333. The molecule has 0 aliphatic carbocycles. The summed E-state index contributed by atoms with van der Waals surface area (Å²) < 4.78 is 85.1. The van der Waals surface area contributed by atoms with Gasteiger partial charge in [0.2, 0.25) is 20.0 Å². The van der Waals surface area contributed by atoms with Gasteiger partial charge >= 0.3 is 0 Å². The minimum absolute atomic E-state index is 0.0398. The van der Waals surface area contributed by atoms with Crippen molar-refractivity contribution in [3.8, 4) is 0 Å². The van der Waals surface area contributed by atoms with E-state index in [2.05, 4.69) is 4.72 Å². The summed E-state index contributed by atoms with van der Waals surface area (Å²) in [6, 6.07) is 10.3. The van der Waals surface area contributed by atoms with Crippen molar-refractivity contribution in [2.24, 2.45) is 0 Å². The molecule has 1 aliphatic heterocycles. The summed E-state index contributed by atoms with van der Waals surface area (Å²) in [6.45, 7) is 1.04. The second-order valence-electron chi connectivity index (χ2n) is 6.91. The third-order valence-electron chi connectivity index (χ3n) is 4.61. The average molecular weight is 490 g/mol. The van der Waals surface area contributed by atoms with Crippen LogP contribution in [0.1, 0.15) is 0 Å². The molecular formula is C18H23N3O7S3. The molecule has 10 nitrogen and oxygen atoms in total. The molecule has 0 amide bonds. The van der Waals surface area contributed by atoms with E-state index < -0.39 is 30.1 Å². The molecule has 0 bridgehead atoms. The van der Waals surface area contributed by atoms with Crippen LogP contribution in [0.25, 0.3) is 0 Å². The van der Waals surface area contributed by atoms with Gasteiger partial charge in [0.1, 0.15) is 0 Å². The van der Waals surface area contributed by atoms with E-state index in [1.54, 1.807) is 0 Å². The van der Waals surface area contributed by atoms with Crippen LogP contribution in [0.2, 0.25) is 0 Å². The Morgan fingerprint density at radius 2 is 1.42 bits per heavy atom. The maximum absolute atomic E-state index is 12.8. The highest BCUT2D eigenvalue weighted by atomic mass is 32.2. The first kappa shape index (κ1) is 23.6. The first-order valence-electron chi connectivity index (χ1n) is 9.18. The van der Waals surface area contributed by atoms with Crippen LogP contribution in [0.4, 0.5) is 5.69 Å². The van der Waals surface area contributed by atoms with Gasteiger partial charge in [-0.1, -0.05) is 6.07 Å². The Morgan fingerprint density at radius 1 is 0.839 bits per heavy atom. The van der Waals surface area contributed by atoms with Crippen LogP contribution >= 0.6 is 0 Å². The topological polar surface area (TPSA) is 130 Å². The Morgan fingerprint density at radius 3 is 2.00 bits per heavy atom. The summed E-state index contributed by atoms with van der Waals surface area (Å²) in [7, 11) is -8.80. The molecule has 2 aromatic carbocycles. The van der Waals surface area contributed by atoms with Crippen LogP contribution in [0.5, 0.6) is 0 Å². The van der Waals surface area contributed by atoms with Crippen LogP contribution in [0.15, 0.2) is 63.2 Å². The van der Waals surface area contributed by atoms with Crippen molar-refractivity contribution in [1.82, 2.24) is 8.61 Å². The zero-order valence-corrected chi connectivity index (χ0v) is 19.4. The molecule has 1 saturated heterocycles. The number of rotatable bonds is 7. The van der Waals surface area contributed by atoms with E-state index in [0.29, 0.717) is 13.2 Å². The highest BCUT2D eigenvalue weighted by molar-refractivity contribution is 7.92. The van der Waals surface area contributed by atoms with Gasteiger partial charge in [0, 0.05) is 27.2 Å². The largest absolute Gasteiger partial charge is 0.379 e. The number of hydrogen-bond donors (Lipinski definition) is 1. The molecule has 31 heavy (non-hydrogen) atoms. The molecule has 1 heterocycles. The Bertz CT molecular complexity index is 1250. The highest BCUT2D eigenvalue weighted by Gasteiger charge is 2.27. The number of nitrogens with zero attached hydrogens (tertiary/aromatic N) is 2. The molecule has 0 atom stereocenters. The Labute approximate surface area is 182 Å². The SMILES string of the molecule is CN(C)S(=O)(=O)c1ccc(S(=O)(=O)Nc2cccc(S(=O)(=O)N3CCOCC3)c2)cc1. The molecule has 0 radical (unpaired) electrons. The molecule has 3 rings (SSSR count). The van der Waals surface area contributed by atoms with E-state index in [0.717, 1.165) is 4.31 Å². The average Bonchev–Trinajstić information content (AvgIpc) is 2.74. The van der Waals surface area contributed by atoms with Gasteiger partial charge in [-0.05, 0) is 42.5 Å². The normalized spacial score (nSPS) is 16.4. The molecule has 0 unspecified atom stereocenters. The molecule has 2 aromatic rings. The summed E-state index contributed by atoms with van der Waals surface area (Å²) in [5.74, 6) is 0. The fourth-order valence-electron chi connectivity index (χ4n) is 2.87. The number of benzene rings is 2. The van der Waals surface area contributed by atoms with Crippen LogP contribution < -0.4 is 4.72 Å². The number of hydrogen-bond acceptors (Lipinski definition) is 7. The lowest BCUT2D eigenvalue weighted by atomic mass is 10.3. The van der Waals surface area contributed by atoms with Gasteiger partial charge in [-0.2, -0.15) is 4.31 Å². The summed E-state index contributed by atoms with van der Waals surface area (Å²) in [5, 5.41) is 0. The van der Waals surface area contributed by atoms with Crippen molar-refractivity contribution in [1.29, 1.82) is 0 Å². The number of sulfonamides is 3. The van der Waals surface area contributed by atoms with Crippen LogP contribution in [-0.4, -0.2) is 74.3 Å². The van der Waals surface area contributed by atoms with E-state index in [-0.39, 0.29) is 33.5 Å². The zero-order chi connectivity index (χ0) is 22.9. The Hall–Kier alpha value is -2.03. The van der Waals surface area contributed by atoms with E-state index in [9.17, 15) is 25.3 Å². The maximum Gasteiger partial charge on any atom is 0.261 e. The first-order valence-corrected chi connectivity index (χ1v) is 13.5. The lowest BCUT2D eigenvalue weighted by Crippen LogP contribution is -2.40. The van der Waals surface area contributed by atoms with Crippen molar-refractivity contribution in [3.63, 3.8) is 0 Å². The predicted octanol–water partition coefficient (Wildman–Crippen LogP) is 0.759. The summed E-state index contributed by atoms with van der Waals surface area (Å²) in [6.07, 6.45) is 0. The monoisotopic (exact) mass is 489 g/mol. The van der Waals surface area contributed by atoms with Gasteiger partial charge < -0.3 is 4.74 Å². The van der Waals surface area contributed by atoms with Crippen LogP contribution in [0.3, 0.4) is 0 Å². The molecule has 0 saturated carbocycles. The van der Waals surface area contributed by atoms with Crippen molar-refractivity contribution >= 4 is 35.8 Å². The van der Waals surface area contributed by atoms with Gasteiger partial charge in [0.05, 0.1) is 33.6 Å². The summed E-state index contributed by atoms with van der Waals surface area (Å²) in [4.78, 5) is -0.247. The summed E-state index contributed by atoms with van der Waals surface area (Å²) in [5.41, 5.74) is 0.0688. The van der Waals surface area contributed by atoms with E-state index >= 15 is 0 Å². The number of morpholine rings is 1. The first-order chi connectivity index (χ1) is 14.4. The van der Waals surface area contributed by atoms with E-state index in [1.165, 1.54) is 66.9 Å². The van der Waals surface area contributed by atoms with Gasteiger partial charge in [0.25, 0.3) is 10.0 Å². The van der Waals surface area contributed by atoms with E-state index in [1.807, 2.05) is 0 Å². The molecule has 13 heteroatoms. The maximum atomic E-state index is 12.8. The molecule has 1 N–H and O–H groups in total. The molecular weight excluding hydrogens is 466 g/mol. The predicted molar refractivity (Wildman–Crippen MR) is 114 cm³/mol. The van der Waals surface area contributed by atoms with Crippen molar-refractivity contribution in [3.05, 3.63) is 48.5 Å². The standard InChI is InChI=1S/C18H23N3O7S3/c1-20(2)30(24,25)17-8-6-16(7-9-17)29(22,23)19-15-4-3-5-18(14-15)31(26,27)21-10-12-28-13-11-21/h3-9,14,19H,10-13H2,1-2H3. The Kier molecular flexibility index (Phi) is 6.74. The number of nitrogens with one attached hydrogen (secondary N) is 1. The van der Waals surface area contributed by atoms with Gasteiger partial charge in [-0.15, -0.1) is 0 Å². The van der Waals surface area contributed by atoms with Gasteiger partial charge in [-0.25, -0.2) is 29.6 Å². The highest BCUT2D eigenvalue weighted by Crippen LogP contribution is 2.23. The van der Waals surface area contributed by atoms with Crippen molar-refractivity contribution in [2.75, 3.05) is 45.1 Å². The molecule has 0 aromatic heterocycles. The quantitative estimate of drug-likeness (QED) is 0.608. The smallest absolute Gasteiger partial charge is 0.261 e. The summed E-state index contributed by atoms with van der Waals surface area (Å²) >= 11 is 0. The second-order valence-corrected chi connectivity index (χ2v) is 12.7. The molecule has 1 fully saturated rings. The third kappa shape index (κ3) is 5.07. The van der Waals surface area contributed by atoms with Crippen LogP contribution in [-0.2, 0) is 34.8 Å².